The number of carbonyl (C=O) groups excluding carboxylic acids is 1. The van der Waals surface area contributed by atoms with Gasteiger partial charge in [-0.2, -0.15) is 0 Å². The minimum Gasteiger partial charge on any atom is -0.300 e. The molecule has 0 rings (SSSR count). The van der Waals surface area contributed by atoms with Crippen molar-refractivity contribution in [3.8, 4) is 0 Å². The van der Waals surface area contributed by atoms with Crippen molar-refractivity contribution in [2.45, 2.75) is 20.3 Å². The molecule has 0 fully saturated rings. The number of rotatable bonds is 1. The number of carbonyl (C=O) groups is 1. The van der Waals surface area contributed by atoms with Gasteiger partial charge >= 0.3 is 0 Å². The monoisotopic (exact) mass is 112 g/mol. The molecule has 0 aromatic rings. The number of ketones is 1. The molecule has 32 valence electrons. The molecule has 0 aliphatic heterocycles. The smallest absolute Gasteiger partial charge is 0.129 e. The number of hydrogen-bond donors (Lipinski definition) is 0. The van der Waals surface area contributed by atoms with E-state index in [1.807, 2.05) is 6.92 Å². The Morgan fingerprint density at radius 1 is 1.67 bits per heavy atom. The van der Waals surface area contributed by atoms with Gasteiger partial charge < -0.3 is 4.79 Å². The summed E-state index contributed by atoms with van der Waals surface area (Å²) < 4.78 is 0. The SMILES string of the molecule is CCC(C)=O.[Ca]. The summed E-state index contributed by atoms with van der Waals surface area (Å²) in [5, 5.41) is 0. The second kappa shape index (κ2) is 5.93. The van der Waals surface area contributed by atoms with E-state index in [1.165, 1.54) is 0 Å². The molecular formula is C4H8CaO. The molecule has 2 heteroatoms. The zero-order valence-corrected chi connectivity index (χ0v) is 6.53. The third-order valence-electron chi connectivity index (χ3n) is 0.498. The average molecular weight is 112 g/mol. The predicted molar refractivity (Wildman–Crippen MR) is 26.7 cm³/mol. The molecule has 0 heterocycles. The first kappa shape index (κ1) is 10.0. The first-order valence-corrected chi connectivity index (χ1v) is 1.76. The van der Waals surface area contributed by atoms with Crippen molar-refractivity contribution in [2.24, 2.45) is 0 Å². The maximum absolute atomic E-state index is 9.81. The predicted octanol–water partition coefficient (Wildman–Crippen LogP) is 0.605. The number of hydrogen-bond acceptors (Lipinski definition) is 1. The van der Waals surface area contributed by atoms with E-state index in [0.717, 1.165) is 0 Å². The van der Waals surface area contributed by atoms with Crippen LogP contribution in [-0.4, -0.2) is 43.5 Å². The van der Waals surface area contributed by atoms with Crippen molar-refractivity contribution >= 4 is 43.5 Å². The minimum atomic E-state index is 0. The molecule has 0 bridgehead atoms. The maximum Gasteiger partial charge on any atom is 0.129 e. The summed E-state index contributed by atoms with van der Waals surface area (Å²) >= 11 is 0. The Hall–Kier alpha value is 0.930. The van der Waals surface area contributed by atoms with Crippen LogP contribution in [-0.2, 0) is 4.79 Å². The van der Waals surface area contributed by atoms with E-state index < -0.39 is 0 Å². The first-order valence-electron chi connectivity index (χ1n) is 1.76. The van der Waals surface area contributed by atoms with Crippen molar-refractivity contribution in [3.05, 3.63) is 0 Å². The fourth-order valence-electron chi connectivity index (χ4n) is 0. The third-order valence-corrected chi connectivity index (χ3v) is 0.498. The second-order valence-electron chi connectivity index (χ2n) is 1.06. The Balaban J connectivity index is 0. The van der Waals surface area contributed by atoms with E-state index in [2.05, 4.69) is 0 Å². The fourth-order valence-corrected chi connectivity index (χ4v) is 0. The van der Waals surface area contributed by atoms with Gasteiger partial charge in [-0.1, -0.05) is 6.92 Å². The van der Waals surface area contributed by atoms with E-state index in [9.17, 15) is 4.79 Å². The van der Waals surface area contributed by atoms with E-state index in [4.69, 9.17) is 0 Å². The maximum atomic E-state index is 9.81. The molecule has 6 heavy (non-hydrogen) atoms. The van der Waals surface area contributed by atoms with Gasteiger partial charge in [-0.25, -0.2) is 0 Å². The van der Waals surface area contributed by atoms with Crippen molar-refractivity contribution < 1.29 is 4.79 Å². The normalized spacial score (nSPS) is 6.33. The zero-order valence-electron chi connectivity index (χ0n) is 4.32. The summed E-state index contributed by atoms with van der Waals surface area (Å²) in [4.78, 5) is 9.81. The molecule has 2 radical (unpaired) electrons. The summed E-state index contributed by atoms with van der Waals surface area (Å²) in [7, 11) is 0. The molecular weight excluding hydrogens is 104 g/mol. The summed E-state index contributed by atoms with van der Waals surface area (Å²) in [6.07, 6.45) is 0.667. The van der Waals surface area contributed by atoms with Crippen LogP contribution in [0, 0.1) is 0 Å². The van der Waals surface area contributed by atoms with Crippen molar-refractivity contribution in [1.82, 2.24) is 0 Å². The molecule has 0 N–H and O–H groups in total. The van der Waals surface area contributed by atoms with Crippen LogP contribution >= 0.6 is 0 Å². The summed E-state index contributed by atoms with van der Waals surface area (Å²) in [5.74, 6) is 0.255. The van der Waals surface area contributed by atoms with Crippen molar-refractivity contribution in [1.29, 1.82) is 0 Å². The van der Waals surface area contributed by atoms with Gasteiger partial charge in [-0.3, -0.25) is 0 Å². The van der Waals surface area contributed by atoms with E-state index in [1.54, 1.807) is 6.92 Å². The minimum absolute atomic E-state index is 0. The zero-order chi connectivity index (χ0) is 4.28. The van der Waals surface area contributed by atoms with Crippen LogP contribution < -0.4 is 0 Å². The molecule has 0 aromatic heterocycles. The summed E-state index contributed by atoms with van der Waals surface area (Å²) in [6.45, 7) is 3.43. The number of Topliss-reactive ketones (excluding diaryl/α,β-unsaturated/α-hetero) is 1. The standard InChI is InChI=1S/C4H8O.Ca/c1-3-4(2)5;/h3H2,1-2H3;. The van der Waals surface area contributed by atoms with Crippen LogP contribution in [0.1, 0.15) is 20.3 Å². The Morgan fingerprint density at radius 3 is 1.83 bits per heavy atom. The van der Waals surface area contributed by atoms with Gasteiger partial charge in [0.1, 0.15) is 5.78 Å². The Kier molecular flexibility index (Phi) is 9.91. The van der Waals surface area contributed by atoms with Gasteiger partial charge in [-0.05, 0) is 6.92 Å². The molecule has 0 spiro atoms. The molecule has 0 saturated carbocycles. The molecule has 0 saturated heterocycles. The van der Waals surface area contributed by atoms with Crippen LogP contribution in [0.3, 0.4) is 0 Å². The second-order valence-corrected chi connectivity index (χ2v) is 1.06. The Morgan fingerprint density at radius 2 is 1.83 bits per heavy atom. The quantitative estimate of drug-likeness (QED) is 0.454. The van der Waals surface area contributed by atoms with Crippen molar-refractivity contribution in [2.75, 3.05) is 0 Å². The molecule has 0 aliphatic carbocycles. The fraction of sp³-hybridized carbons (Fsp3) is 0.750. The molecule has 0 amide bonds. The van der Waals surface area contributed by atoms with Crippen LogP contribution in [0.15, 0.2) is 0 Å². The van der Waals surface area contributed by atoms with Gasteiger partial charge in [0.25, 0.3) is 0 Å². The topological polar surface area (TPSA) is 17.1 Å². The Labute approximate surface area is 68.1 Å². The largest absolute Gasteiger partial charge is 0.300 e. The third kappa shape index (κ3) is 8.87. The van der Waals surface area contributed by atoms with Crippen molar-refractivity contribution in [3.63, 3.8) is 0 Å². The van der Waals surface area contributed by atoms with Gasteiger partial charge in [-0.15, -0.1) is 0 Å². The van der Waals surface area contributed by atoms with Crippen LogP contribution in [0.5, 0.6) is 0 Å². The molecule has 1 nitrogen and oxygen atoms in total. The molecule has 0 aliphatic rings. The van der Waals surface area contributed by atoms with Crippen LogP contribution in [0.4, 0.5) is 0 Å². The van der Waals surface area contributed by atoms with Crippen LogP contribution in [0.2, 0.25) is 0 Å². The Bertz CT molecular complexity index is 42.8. The van der Waals surface area contributed by atoms with E-state index in [-0.39, 0.29) is 43.5 Å². The van der Waals surface area contributed by atoms with Gasteiger partial charge in [0.2, 0.25) is 0 Å². The summed E-state index contributed by atoms with van der Waals surface area (Å²) in [6, 6.07) is 0. The van der Waals surface area contributed by atoms with Crippen LogP contribution in [0.25, 0.3) is 0 Å². The average Bonchev–Trinajstić information content (AvgIpc) is 1.38. The summed E-state index contributed by atoms with van der Waals surface area (Å²) in [5.41, 5.74) is 0. The van der Waals surface area contributed by atoms with E-state index >= 15 is 0 Å². The first-order chi connectivity index (χ1) is 2.27. The van der Waals surface area contributed by atoms with E-state index in [0.29, 0.717) is 6.42 Å². The molecule has 0 unspecified atom stereocenters. The molecule has 0 atom stereocenters. The van der Waals surface area contributed by atoms with Gasteiger partial charge in [0.05, 0.1) is 0 Å². The van der Waals surface area contributed by atoms with Gasteiger partial charge in [0, 0.05) is 44.2 Å². The molecule has 0 aromatic carbocycles. The van der Waals surface area contributed by atoms with Gasteiger partial charge in [0.15, 0.2) is 0 Å².